The average molecular weight is 420 g/mol. The molecule has 0 atom stereocenters. The van der Waals surface area contributed by atoms with Crippen molar-refractivity contribution in [3.63, 3.8) is 0 Å². The molecule has 0 aliphatic rings. The van der Waals surface area contributed by atoms with Gasteiger partial charge in [0.15, 0.2) is 17.3 Å². The first kappa shape index (κ1) is 20.1. The molecular formula is C21H20N6O4. The van der Waals surface area contributed by atoms with Crippen LogP contribution in [0.3, 0.4) is 0 Å². The largest absolute Gasteiger partial charge is 0.493 e. The molecule has 0 fully saturated rings. The standard InChI is InChI=1S/C21H20N6O4/c1-12-15(13(2)31-27-12)11-30-17-8-7-14(10-18(17)29-3)20(28)24-21-23-19(25-26-21)16-6-4-5-9-22-16/h4-10H,11H2,1-3H3,(H2,23,24,25,26,28). The summed E-state index contributed by atoms with van der Waals surface area (Å²) >= 11 is 0. The highest BCUT2D eigenvalue weighted by atomic mass is 16.5. The number of aryl methyl sites for hydroxylation is 2. The van der Waals surface area contributed by atoms with Crippen LogP contribution in [-0.2, 0) is 6.61 Å². The Morgan fingerprint density at radius 3 is 2.77 bits per heavy atom. The van der Waals surface area contributed by atoms with E-state index in [-0.39, 0.29) is 18.5 Å². The number of nitrogens with zero attached hydrogens (tertiary/aromatic N) is 4. The lowest BCUT2D eigenvalue weighted by Crippen LogP contribution is -2.13. The van der Waals surface area contributed by atoms with E-state index >= 15 is 0 Å². The Morgan fingerprint density at radius 1 is 1.19 bits per heavy atom. The Balaban J connectivity index is 1.46. The molecule has 3 heterocycles. The van der Waals surface area contributed by atoms with Crippen LogP contribution in [0.2, 0.25) is 0 Å². The average Bonchev–Trinajstić information content (AvgIpc) is 3.39. The number of ether oxygens (including phenoxy) is 2. The van der Waals surface area contributed by atoms with Gasteiger partial charge in [-0.25, -0.2) is 0 Å². The molecular weight excluding hydrogens is 400 g/mol. The normalized spacial score (nSPS) is 10.7. The summed E-state index contributed by atoms with van der Waals surface area (Å²) in [4.78, 5) is 21.1. The molecule has 1 aromatic carbocycles. The predicted molar refractivity (Wildman–Crippen MR) is 111 cm³/mol. The molecule has 4 rings (SSSR count). The number of hydrogen-bond donors (Lipinski definition) is 2. The Labute approximate surface area is 177 Å². The quantitative estimate of drug-likeness (QED) is 0.466. The number of H-pyrrole nitrogens is 1. The van der Waals surface area contributed by atoms with Crippen molar-refractivity contribution in [2.24, 2.45) is 0 Å². The maximum Gasteiger partial charge on any atom is 0.258 e. The zero-order valence-corrected chi connectivity index (χ0v) is 17.2. The monoisotopic (exact) mass is 420 g/mol. The van der Waals surface area contributed by atoms with Gasteiger partial charge in [-0.05, 0) is 44.2 Å². The fourth-order valence-electron chi connectivity index (χ4n) is 2.89. The van der Waals surface area contributed by atoms with Gasteiger partial charge in [0.2, 0.25) is 5.95 Å². The van der Waals surface area contributed by atoms with E-state index in [1.807, 2.05) is 19.9 Å². The molecule has 0 aliphatic heterocycles. The van der Waals surface area contributed by atoms with Crippen molar-refractivity contribution >= 4 is 11.9 Å². The summed E-state index contributed by atoms with van der Waals surface area (Å²) in [5.41, 5.74) is 2.63. The smallest absolute Gasteiger partial charge is 0.258 e. The minimum absolute atomic E-state index is 0.142. The van der Waals surface area contributed by atoms with Crippen molar-refractivity contribution in [1.82, 2.24) is 25.3 Å². The SMILES string of the molecule is COc1cc(C(=O)Nc2n[nH]c(-c3ccccn3)n2)ccc1OCc1c(C)noc1C. The minimum atomic E-state index is -0.387. The summed E-state index contributed by atoms with van der Waals surface area (Å²) < 4.78 is 16.4. The number of amides is 1. The third-order valence-electron chi connectivity index (χ3n) is 4.60. The van der Waals surface area contributed by atoms with Gasteiger partial charge in [0.05, 0.1) is 18.4 Å². The summed E-state index contributed by atoms with van der Waals surface area (Å²) in [7, 11) is 1.51. The zero-order chi connectivity index (χ0) is 21.8. The van der Waals surface area contributed by atoms with Crippen molar-refractivity contribution in [2.75, 3.05) is 12.4 Å². The number of pyridine rings is 1. The van der Waals surface area contributed by atoms with Crippen LogP contribution in [0.25, 0.3) is 11.5 Å². The molecule has 0 saturated carbocycles. The van der Waals surface area contributed by atoms with Gasteiger partial charge >= 0.3 is 0 Å². The first-order valence-corrected chi connectivity index (χ1v) is 9.43. The number of hydrogen-bond acceptors (Lipinski definition) is 8. The minimum Gasteiger partial charge on any atom is -0.493 e. The molecule has 31 heavy (non-hydrogen) atoms. The third kappa shape index (κ3) is 4.37. The topological polar surface area (TPSA) is 128 Å². The number of rotatable bonds is 7. The summed E-state index contributed by atoms with van der Waals surface area (Å²) in [6.07, 6.45) is 1.65. The lowest BCUT2D eigenvalue weighted by atomic mass is 10.2. The second-order valence-electron chi connectivity index (χ2n) is 6.63. The van der Waals surface area contributed by atoms with Crippen LogP contribution in [0.4, 0.5) is 5.95 Å². The van der Waals surface area contributed by atoms with Crippen molar-refractivity contribution in [1.29, 1.82) is 0 Å². The summed E-state index contributed by atoms with van der Waals surface area (Å²) in [5.74, 6) is 1.82. The molecule has 1 amide bonds. The Kier molecular flexibility index (Phi) is 5.61. The highest BCUT2D eigenvalue weighted by molar-refractivity contribution is 6.03. The van der Waals surface area contributed by atoms with Crippen LogP contribution in [0.15, 0.2) is 47.1 Å². The van der Waals surface area contributed by atoms with Gasteiger partial charge < -0.3 is 14.0 Å². The number of carbonyl (C=O) groups excluding carboxylic acids is 1. The molecule has 158 valence electrons. The van der Waals surface area contributed by atoms with Gasteiger partial charge in [-0.1, -0.05) is 11.2 Å². The molecule has 0 spiro atoms. The molecule has 0 saturated heterocycles. The molecule has 10 heteroatoms. The first-order chi connectivity index (χ1) is 15.0. The van der Waals surface area contributed by atoms with E-state index in [0.717, 1.165) is 11.3 Å². The van der Waals surface area contributed by atoms with E-state index in [1.165, 1.54) is 7.11 Å². The van der Waals surface area contributed by atoms with Crippen molar-refractivity contribution in [2.45, 2.75) is 20.5 Å². The number of nitrogens with one attached hydrogen (secondary N) is 2. The highest BCUT2D eigenvalue weighted by Crippen LogP contribution is 2.30. The van der Waals surface area contributed by atoms with Crippen LogP contribution in [0.1, 0.15) is 27.4 Å². The Bertz CT molecular complexity index is 1180. The van der Waals surface area contributed by atoms with Gasteiger partial charge in [0.1, 0.15) is 18.1 Å². The van der Waals surface area contributed by atoms with Crippen LogP contribution in [-0.4, -0.2) is 38.3 Å². The fraction of sp³-hybridized carbons (Fsp3) is 0.190. The predicted octanol–water partition coefficient (Wildman–Crippen LogP) is 3.31. The number of carbonyl (C=O) groups is 1. The van der Waals surface area contributed by atoms with E-state index in [2.05, 4.69) is 30.6 Å². The van der Waals surface area contributed by atoms with Crippen molar-refractivity contribution in [3.05, 3.63) is 65.2 Å². The van der Waals surface area contributed by atoms with Gasteiger partial charge in [-0.3, -0.25) is 20.2 Å². The van der Waals surface area contributed by atoms with E-state index in [0.29, 0.717) is 34.3 Å². The maximum absolute atomic E-state index is 12.6. The van der Waals surface area contributed by atoms with Crippen LogP contribution >= 0.6 is 0 Å². The molecule has 0 unspecified atom stereocenters. The zero-order valence-electron chi connectivity index (χ0n) is 17.2. The van der Waals surface area contributed by atoms with E-state index < -0.39 is 0 Å². The van der Waals surface area contributed by atoms with Crippen molar-refractivity contribution in [3.8, 4) is 23.0 Å². The molecule has 0 bridgehead atoms. The summed E-state index contributed by atoms with van der Waals surface area (Å²) in [6.45, 7) is 3.95. The molecule has 10 nitrogen and oxygen atoms in total. The Morgan fingerprint density at radius 2 is 2.06 bits per heavy atom. The van der Waals surface area contributed by atoms with E-state index in [4.69, 9.17) is 14.0 Å². The molecule has 3 aromatic heterocycles. The van der Waals surface area contributed by atoms with Gasteiger partial charge in [-0.15, -0.1) is 5.10 Å². The van der Waals surface area contributed by atoms with Gasteiger partial charge in [-0.2, -0.15) is 4.98 Å². The third-order valence-corrected chi connectivity index (χ3v) is 4.60. The van der Waals surface area contributed by atoms with E-state index in [1.54, 1.807) is 36.5 Å². The van der Waals surface area contributed by atoms with Crippen molar-refractivity contribution < 1.29 is 18.8 Å². The van der Waals surface area contributed by atoms with Gasteiger partial charge in [0, 0.05) is 11.8 Å². The highest BCUT2D eigenvalue weighted by Gasteiger charge is 2.16. The summed E-state index contributed by atoms with van der Waals surface area (Å²) in [6, 6.07) is 10.3. The second-order valence-corrected chi connectivity index (χ2v) is 6.63. The summed E-state index contributed by atoms with van der Waals surface area (Å²) in [5, 5.41) is 13.3. The number of anilines is 1. The lowest BCUT2D eigenvalue weighted by Gasteiger charge is -2.12. The molecule has 0 aliphatic carbocycles. The first-order valence-electron chi connectivity index (χ1n) is 9.43. The van der Waals surface area contributed by atoms with Crippen LogP contribution < -0.4 is 14.8 Å². The lowest BCUT2D eigenvalue weighted by molar-refractivity contribution is 0.102. The molecule has 0 radical (unpaired) electrons. The molecule has 4 aromatic rings. The van der Waals surface area contributed by atoms with Crippen LogP contribution in [0.5, 0.6) is 11.5 Å². The second kappa shape index (κ2) is 8.66. The Hall–Kier alpha value is -4.21. The number of methoxy groups -OCH3 is 1. The number of benzene rings is 1. The number of aromatic nitrogens is 5. The molecule has 2 N–H and O–H groups in total. The fourth-order valence-corrected chi connectivity index (χ4v) is 2.89. The van der Waals surface area contributed by atoms with Gasteiger partial charge in [0.25, 0.3) is 5.91 Å². The maximum atomic E-state index is 12.6. The van der Waals surface area contributed by atoms with E-state index in [9.17, 15) is 4.79 Å². The number of aromatic amines is 1. The van der Waals surface area contributed by atoms with Crippen LogP contribution in [0, 0.1) is 13.8 Å².